The number of rotatable bonds is 5. The van der Waals surface area contributed by atoms with Crippen LogP contribution < -0.4 is 10.1 Å². The molecule has 4 heteroatoms. The number of methoxy groups -OCH3 is 1. The monoisotopic (exact) mass is 284 g/mol. The SMILES string of the molecule is COc1ccc(CCC(=O)Nc2cc(C)cc(C)n2)cc1. The molecule has 1 N–H and O–H groups in total. The molecule has 0 aliphatic heterocycles. The number of carbonyl (C=O) groups excluding carboxylic acids is 1. The number of nitrogens with one attached hydrogen (secondary N) is 1. The number of nitrogens with zero attached hydrogens (tertiary/aromatic N) is 1. The Kier molecular flexibility index (Phi) is 4.93. The van der Waals surface area contributed by atoms with Crippen molar-refractivity contribution in [3.05, 3.63) is 53.2 Å². The van der Waals surface area contributed by atoms with E-state index in [1.807, 2.05) is 50.2 Å². The predicted octanol–water partition coefficient (Wildman–Crippen LogP) is 3.28. The molecule has 1 aromatic heterocycles. The number of benzene rings is 1. The molecule has 21 heavy (non-hydrogen) atoms. The normalized spacial score (nSPS) is 10.2. The third-order valence-corrected chi connectivity index (χ3v) is 3.17. The maximum Gasteiger partial charge on any atom is 0.225 e. The Morgan fingerprint density at radius 2 is 1.90 bits per heavy atom. The van der Waals surface area contributed by atoms with E-state index >= 15 is 0 Å². The predicted molar refractivity (Wildman–Crippen MR) is 83.7 cm³/mol. The van der Waals surface area contributed by atoms with Gasteiger partial charge in [0.15, 0.2) is 0 Å². The first-order chi connectivity index (χ1) is 10.1. The highest BCUT2D eigenvalue weighted by Gasteiger charge is 2.05. The molecule has 1 aromatic carbocycles. The lowest BCUT2D eigenvalue weighted by atomic mass is 10.1. The van der Waals surface area contributed by atoms with Crippen LogP contribution in [0, 0.1) is 13.8 Å². The summed E-state index contributed by atoms with van der Waals surface area (Å²) in [6.45, 7) is 3.90. The lowest BCUT2D eigenvalue weighted by Crippen LogP contribution is -2.13. The number of hydrogen-bond acceptors (Lipinski definition) is 3. The van der Waals surface area contributed by atoms with Crippen LogP contribution in [-0.2, 0) is 11.2 Å². The second-order valence-corrected chi connectivity index (χ2v) is 5.07. The van der Waals surface area contributed by atoms with Gasteiger partial charge in [-0.15, -0.1) is 0 Å². The number of aromatic nitrogens is 1. The van der Waals surface area contributed by atoms with E-state index in [2.05, 4.69) is 10.3 Å². The Bertz CT molecular complexity index is 601. The fourth-order valence-electron chi connectivity index (χ4n) is 2.16. The van der Waals surface area contributed by atoms with Crippen molar-refractivity contribution in [3.8, 4) is 5.75 Å². The summed E-state index contributed by atoms with van der Waals surface area (Å²) in [6, 6.07) is 11.6. The summed E-state index contributed by atoms with van der Waals surface area (Å²) in [5.74, 6) is 1.41. The number of anilines is 1. The Labute approximate surface area is 125 Å². The highest BCUT2D eigenvalue weighted by molar-refractivity contribution is 5.89. The Morgan fingerprint density at radius 3 is 2.52 bits per heavy atom. The molecule has 0 atom stereocenters. The summed E-state index contributed by atoms with van der Waals surface area (Å²) in [5, 5.41) is 2.84. The quantitative estimate of drug-likeness (QED) is 0.916. The van der Waals surface area contributed by atoms with Crippen molar-refractivity contribution in [2.24, 2.45) is 0 Å². The van der Waals surface area contributed by atoms with Crippen LogP contribution in [-0.4, -0.2) is 18.0 Å². The van der Waals surface area contributed by atoms with Crippen LogP contribution >= 0.6 is 0 Å². The molecule has 0 fully saturated rings. The average molecular weight is 284 g/mol. The molecule has 0 unspecified atom stereocenters. The van der Waals surface area contributed by atoms with Crippen LogP contribution in [0.15, 0.2) is 36.4 Å². The molecule has 2 aromatic rings. The zero-order valence-electron chi connectivity index (χ0n) is 12.6. The van der Waals surface area contributed by atoms with Crippen LogP contribution in [0.25, 0.3) is 0 Å². The fraction of sp³-hybridized carbons (Fsp3) is 0.294. The highest BCUT2D eigenvalue weighted by Crippen LogP contribution is 2.13. The molecule has 2 rings (SSSR count). The summed E-state index contributed by atoms with van der Waals surface area (Å²) in [6.07, 6.45) is 1.13. The van der Waals surface area contributed by atoms with Crippen molar-refractivity contribution in [2.45, 2.75) is 26.7 Å². The second-order valence-electron chi connectivity index (χ2n) is 5.07. The molecule has 0 spiro atoms. The van der Waals surface area contributed by atoms with Crippen molar-refractivity contribution < 1.29 is 9.53 Å². The molecule has 110 valence electrons. The minimum absolute atomic E-state index is 0.0247. The zero-order chi connectivity index (χ0) is 15.2. The first-order valence-corrected chi connectivity index (χ1v) is 6.95. The molecule has 1 amide bonds. The van der Waals surface area contributed by atoms with E-state index in [1.54, 1.807) is 7.11 Å². The number of carbonyl (C=O) groups is 1. The van der Waals surface area contributed by atoms with Crippen LogP contribution in [0.3, 0.4) is 0 Å². The standard InChI is InChI=1S/C17H20N2O2/c1-12-10-13(2)18-16(11-12)19-17(20)9-6-14-4-7-15(21-3)8-5-14/h4-5,7-8,10-11H,6,9H2,1-3H3,(H,18,19,20). The van der Waals surface area contributed by atoms with Crippen LogP contribution in [0.2, 0.25) is 0 Å². The van der Waals surface area contributed by atoms with Crippen LogP contribution in [0.4, 0.5) is 5.82 Å². The molecule has 0 saturated carbocycles. The van der Waals surface area contributed by atoms with Gasteiger partial charge in [0, 0.05) is 12.1 Å². The summed E-state index contributed by atoms with van der Waals surface area (Å²) >= 11 is 0. The topological polar surface area (TPSA) is 51.2 Å². The number of pyridine rings is 1. The van der Waals surface area contributed by atoms with E-state index < -0.39 is 0 Å². The number of hydrogen-bond donors (Lipinski definition) is 1. The van der Waals surface area contributed by atoms with Gasteiger partial charge >= 0.3 is 0 Å². The molecule has 4 nitrogen and oxygen atoms in total. The van der Waals surface area contributed by atoms with Gasteiger partial charge in [-0.3, -0.25) is 4.79 Å². The highest BCUT2D eigenvalue weighted by atomic mass is 16.5. The molecular weight excluding hydrogens is 264 g/mol. The minimum atomic E-state index is -0.0247. The largest absolute Gasteiger partial charge is 0.497 e. The minimum Gasteiger partial charge on any atom is -0.497 e. The lowest BCUT2D eigenvalue weighted by Gasteiger charge is -2.07. The van der Waals surface area contributed by atoms with E-state index in [0.29, 0.717) is 18.7 Å². The van der Waals surface area contributed by atoms with Crippen molar-refractivity contribution in [1.29, 1.82) is 0 Å². The van der Waals surface area contributed by atoms with Gasteiger partial charge in [-0.2, -0.15) is 0 Å². The zero-order valence-corrected chi connectivity index (χ0v) is 12.6. The van der Waals surface area contributed by atoms with Gasteiger partial charge in [0.2, 0.25) is 5.91 Å². The van der Waals surface area contributed by atoms with Crippen LogP contribution in [0.5, 0.6) is 5.75 Å². The molecule has 0 aliphatic rings. The average Bonchev–Trinajstić information content (AvgIpc) is 2.44. The summed E-state index contributed by atoms with van der Waals surface area (Å²) in [5.41, 5.74) is 3.10. The summed E-state index contributed by atoms with van der Waals surface area (Å²) in [7, 11) is 1.64. The maximum atomic E-state index is 12.0. The Morgan fingerprint density at radius 1 is 1.19 bits per heavy atom. The summed E-state index contributed by atoms with van der Waals surface area (Å²) in [4.78, 5) is 16.3. The van der Waals surface area contributed by atoms with E-state index in [-0.39, 0.29) is 5.91 Å². The van der Waals surface area contributed by atoms with Gasteiger partial charge in [-0.05, 0) is 55.7 Å². The molecule has 0 bridgehead atoms. The van der Waals surface area contributed by atoms with E-state index in [9.17, 15) is 4.79 Å². The van der Waals surface area contributed by atoms with Gasteiger partial charge in [0.05, 0.1) is 7.11 Å². The lowest BCUT2D eigenvalue weighted by molar-refractivity contribution is -0.116. The third-order valence-electron chi connectivity index (χ3n) is 3.17. The first kappa shape index (κ1) is 15.0. The number of ether oxygens (including phenoxy) is 1. The van der Waals surface area contributed by atoms with Gasteiger partial charge in [-0.1, -0.05) is 12.1 Å². The van der Waals surface area contributed by atoms with Crippen molar-refractivity contribution in [3.63, 3.8) is 0 Å². The van der Waals surface area contributed by atoms with Crippen LogP contribution in [0.1, 0.15) is 23.2 Å². The van der Waals surface area contributed by atoms with E-state index in [0.717, 1.165) is 22.6 Å². The smallest absolute Gasteiger partial charge is 0.225 e. The molecule has 0 radical (unpaired) electrons. The van der Waals surface area contributed by atoms with Crippen molar-refractivity contribution in [1.82, 2.24) is 4.98 Å². The Hall–Kier alpha value is -2.36. The third kappa shape index (κ3) is 4.60. The van der Waals surface area contributed by atoms with Gasteiger partial charge in [0.1, 0.15) is 11.6 Å². The second kappa shape index (κ2) is 6.88. The van der Waals surface area contributed by atoms with Gasteiger partial charge in [-0.25, -0.2) is 4.98 Å². The van der Waals surface area contributed by atoms with Gasteiger partial charge in [0.25, 0.3) is 0 Å². The maximum absolute atomic E-state index is 12.0. The molecule has 0 saturated heterocycles. The first-order valence-electron chi connectivity index (χ1n) is 6.95. The number of amides is 1. The molecule has 1 heterocycles. The van der Waals surface area contributed by atoms with E-state index in [1.165, 1.54) is 0 Å². The van der Waals surface area contributed by atoms with Gasteiger partial charge < -0.3 is 10.1 Å². The Balaban J connectivity index is 1.89. The summed E-state index contributed by atoms with van der Waals surface area (Å²) < 4.78 is 5.11. The molecule has 0 aliphatic carbocycles. The van der Waals surface area contributed by atoms with Crippen molar-refractivity contribution >= 4 is 11.7 Å². The molecular formula is C17H20N2O2. The fourth-order valence-corrected chi connectivity index (χ4v) is 2.16. The van der Waals surface area contributed by atoms with Crippen molar-refractivity contribution in [2.75, 3.05) is 12.4 Å². The number of aryl methyl sites for hydroxylation is 3. The van der Waals surface area contributed by atoms with E-state index in [4.69, 9.17) is 4.74 Å².